The Balaban J connectivity index is 1.85. The van der Waals surface area contributed by atoms with Crippen LogP contribution in [0.1, 0.15) is 19.3 Å². The average Bonchev–Trinajstić information content (AvgIpc) is 2.95. The number of aliphatic carboxylic acids is 1. The summed E-state index contributed by atoms with van der Waals surface area (Å²) in [6.07, 6.45) is 0.269. The van der Waals surface area contributed by atoms with Crippen LogP contribution in [0.15, 0.2) is 10.2 Å². The number of carbonyl (C=O) groups is 2. The predicted octanol–water partition coefficient (Wildman–Crippen LogP) is -0.956. The fourth-order valence-electron chi connectivity index (χ4n) is 1.78. The van der Waals surface area contributed by atoms with E-state index in [4.69, 9.17) is 10.8 Å². The molecule has 1 aliphatic carbocycles. The van der Waals surface area contributed by atoms with Gasteiger partial charge in [-0.05, 0) is 12.8 Å². The second kappa shape index (κ2) is 2.83. The van der Waals surface area contributed by atoms with Crippen LogP contribution >= 0.6 is 0 Å². The minimum atomic E-state index is -1.48. The molecule has 0 saturated heterocycles. The Morgan fingerprint density at radius 2 is 2.20 bits per heavy atom. The maximum absolute atomic E-state index is 11.4. The van der Waals surface area contributed by atoms with E-state index in [0.29, 0.717) is 0 Å². The van der Waals surface area contributed by atoms with E-state index >= 15 is 0 Å². The van der Waals surface area contributed by atoms with Gasteiger partial charge in [0.2, 0.25) is 5.78 Å². The topological polar surface area (TPSA) is 125 Å². The van der Waals surface area contributed by atoms with Gasteiger partial charge < -0.3 is 15.9 Å². The largest absolute Gasteiger partial charge is 0.480 e. The molecule has 7 heteroatoms. The number of nitrogens with zero attached hydrogens (tertiary/aromatic N) is 2. The first-order valence-electron chi connectivity index (χ1n) is 4.59. The Labute approximate surface area is 85.0 Å². The Bertz CT molecular complexity index is 361. The number of nitrogens with two attached hydrogens (primary N) is 1. The van der Waals surface area contributed by atoms with Crippen LogP contribution < -0.4 is 5.73 Å². The average molecular weight is 213 g/mol. The highest BCUT2D eigenvalue weighted by Gasteiger charge is 2.69. The van der Waals surface area contributed by atoms with Crippen LogP contribution in [0, 0.1) is 0 Å². The third-order valence-corrected chi connectivity index (χ3v) is 2.85. The highest BCUT2D eigenvalue weighted by atomic mass is 16.4. The van der Waals surface area contributed by atoms with Crippen molar-refractivity contribution in [1.29, 1.82) is 0 Å². The Morgan fingerprint density at radius 3 is 2.60 bits per heavy atom. The molecule has 2 unspecified atom stereocenters. The maximum atomic E-state index is 11.4. The van der Waals surface area contributed by atoms with Crippen molar-refractivity contribution in [2.45, 2.75) is 36.6 Å². The molecular formula is C8H11N3O4. The Kier molecular flexibility index (Phi) is 1.92. The fourth-order valence-corrected chi connectivity index (χ4v) is 1.78. The maximum Gasteiger partial charge on any atom is 0.320 e. The van der Waals surface area contributed by atoms with Crippen molar-refractivity contribution in [3.8, 4) is 0 Å². The highest BCUT2D eigenvalue weighted by Crippen LogP contribution is 2.51. The number of carbonyl (C=O) groups excluding carboxylic acids is 1. The van der Waals surface area contributed by atoms with Gasteiger partial charge in [0.25, 0.3) is 5.66 Å². The smallest absolute Gasteiger partial charge is 0.320 e. The first-order valence-corrected chi connectivity index (χ1v) is 4.59. The lowest BCUT2D eigenvalue weighted by Crippen LogP contribution is -2.61. The molecule has 82 valence electrons. The third kappa shape index (κ3) is 1.44. The summed E-state index contributed by atoms with van der Waals surface area (Å²) in [7, 11) is 0. The minimum Gasteiger partial charge on any atom is -0.480 e. The number of ketones is 1. The lowest BCUT2D eigenvalue weighted by Gasteiger charge is -2.38. The van der Waals surface area contributed by atoms with Crippen LogP contribution in [-0.4, -0.2) is 39.3 Å². The van der Waals surface area contributed by atoms with Gasteiger partial charge in [-0.25, -0.2) is 0 Å². The summed E-state index contributed by atoms with van der Waals surface area (Å²) in [6, 6.07) is -1.05. The SMILES string of the molecule is NC(CCC1(O)CC2(N=N2)C1=O)C(=O)O. The number of carboxylic acids is 1. The Morgan fingerprint density at radius 1 is 1.60 bits per heavy atom. The van der Waals surface area contributed by atoms with Gasteiger partial charge in [-0.15, -0.1) is 10.2 Å². The van der Waals surface area contributed by atoms with E-state index in [1.807, 2.05) is 0 Å². The van der Waals surface area contributed by atoms with Crippen molar-refractivity contribution in [2.75, 3.05) is 0 Å². The standard InChI is InChI=1S/C8H11N3O4/c9-4(5(12)13)1-2-7(15)3-8(6(7)14)10-11-8/h4,15H,1-3,9H2,(H,12,13). The van der Waals surface area contributed by atoms with E-state index in [1.54, 1.807) is 0 Å². The zero-order valence-electron chi connectivity index (χ0n) is 7.88. The monoisotopic (exact) mass is 213 g/mol. The zero-order valence-corrected chi connectivity index (χ0v) is 7.88. The lowest BCUT2D eigenvalue weighted by atomic mass is 9.68. The minimum absolute atomic E-state index is 0.0477. The zero-order chi connectivity index (χ0) is 11.3. The Hall–Kier alpha value is -1.34. The van der Waals surface area contributed by atoms with Gasteiger partial charge in [0.05, 0.1) is 0 Å². The lowest BCUT2D eigenvalue weighted by molar-refractivity contribution is -0.159. The molecule has 0 aromatic rings. The molecule has 1 aliphatic heterocycles. The molecule has 4 N–H and O–H groups in total. The number of rotatable bonds is 4. The summed E-state index contributed by atoms with van der Waals surface area (Å²) in [5.74, 6) is -1.58. The van der Waals surface area contributed by atoms with Crippen LogP contribution in [0.2, 0.25) is 0 Å². The van der Waals surface area contributed by atoms with Crippen molar-refractivity contribution in [2.24, 2.45) is 16.0 Å². The molecule has 2 aliphatic rings. The summed E-state index contributed by atoms with van der Waals surface area (Å²) < 4.78 is 0. The van der Waals surface area contributed by atoms with E-state index in [1.165, 1.54) is 0 Å². The summed E-state index contributed by atoms with van der Waals surface area (Å²) >= 11 is 0. The first kappa shape index (κ1) is 10.2. The summed E-state index contributed by atoms with van der Waals surface area (Å²) in [4.78, 5) is 21.8. The van der Waals surface area contributed by atoms with Crippen LogP contribution in [0.25, 0.3) is 0 Å². The molecule has 1 spiro atoms. The highest BCUT2D eigenvalue weighted by molar-refractivity contribution is 6.03. The summed E-state index contributed by atoms with van der Waals surface area (Å²) in [5.41, 5.74) is 2.80. The summed E-state index contributed by atoms with van der Waals surface area (Å²) in [5, 5.41) is 25.4. The molecule has 0 amide bonds. The van der Waals surface area contributed by atoms with Crippen molar-refractivity contribution >= 4 is 11.8 Å². The van der Waals surface area contributed by atoms with Crippen molar-refractivity contribution in [3.63, 3.8) is 0 Å². The number of hydrogen-bond acceptors (Lipinski definition) is 6. The normalized spacial score (nSPS) is 32.5. The second-order valence-corrected chi connectivity index (χ2v) is 4.04. The van der Waals surface area contributed by atoms with Crippen molar-refractivity contribution in [1.82, 2.24) is 0 Å². The molecule has 0 aromatic carbocycles. The molecule has 2 rings (SSSR count). The van der Waals surface area contributed by atoms with Gasteiger partial charge in [-0.1, -0.05) is 0 Å². The molecule has 15 heavy (non-hydrogen) atoms. The van der Waals surface area contributed by atoms with Gasteiger partial charge in [-0.2, -0.15) is 0 Å². The van der Waals surface area contributed by atoms with Crippen LogP contribution in [0.3, 0.4) is 0 Å². The number of aliphatic hydroxyl groups is 1. The van der Waals surface area contributed by atoms with Gasteiger partial charge in [0.1, 0.15) is 11.6 Å². The summed E-state index contributed by atoms with van der Waals surface area (Å²) in [6.45, 7) is 0. The molecule has 1 heterocycles. The molecule has 0 aromatic heterocycles. The molecule has 0 radical (unpaired) electrons. The second-order valence-electron chi connectivity index (χ2n) is 4.04. The number of carboxylic acid groups (broad SMARTS) is 1. The molecule has 2 atom stereocenters. The van der Waals surface area contributed by atoms with Gasteiger partial charge in [0.15, 0.2) is 0 Å². The molecule has 1 saturated carbocycles. The number of Topliss-reactive ketones (excluding diaryl/α,β-unsaturated/α-hetero) is 1. The first-order chi connectivity index (χ1) is 6.90. The van der Waals surface area contributed by atoms with Gasteiger partial charge >= 0.3 is 5.97 Å². The van der Waals surface area contributed by atoms with E-state index < -0.39 is 29.1 Å². The van der Waals surface area contributed by atoms with E-state index in [2.05, 4.69) is 10.2 Å². The van der Waals surface area contributed by atoms with E-state index in [0.717, 1.165) is 0 Å². The molecule has 7 nitrogen and oxygen atoms in total. The fraction of sp³-hybridized carbons (Fsp3) is 0.750. The molecule has 1 fully saturated rings. The molecular weight excluding hydrogens is 202 g/mol. The van der Waals surface area contributed by atoms with Gasteiger partial charge in [-0.3, -0.25) is 9.59 Å². The van der Waals surface area contributed by atoms with E-state index in [9.17, 15) is 14.7 Å². The van der Waals surface area contributed by atoms with Gasteiger partial charge in [0, 0.05) is 6.42 Å². The quantitative estimate of drug-likeness (QED) is 0.554. The van der Waals surface area contributed by atoms with Crippen LogP contribution in [0.5, 0.6) is 0 Å². The van der Waals surface area contributed by atoms with Crippen LogP contribution in [0.4, 0.5) is 0 Å². The predicted molar refractivity (Wildman–Crippen MR) is 47.0 cm³/mol. The molecule has 0 bridgehead atoms. The van der Waals surface area contributed by atoms with Crippen molar-refractivity contribution in [3.05, 3.63) is 0 Å². The third-order valence-electron chi connectivity index (χ3n) is 2.85. The van der Waals surface area contributed by atoms with E-state index in [-0.39, 0.29) is 19.3 Å². The number of hydrogen-bond donors (Lipinski definition) is 3. The van der Waals surface area contributed by atoms with Crippen LogP contribution in [-0.2, 0) is 9.59 Å². The van der Waals surface area contributed by atoms with Crippen molar-refractivity contribution < 1.29 is 19.8 Å².